The van der Waals surface area contributed by atoms with Crippen LogP contribution in [-0.4, -0.2) is 31.5 Å². The molecule has 0 aromatic rings. The summed E-state index contributed by atoms with van der Waals surface area (Å²) < 4.78 is 22.8. The molecule has 2 aliphatic rings. The topological polar surface area (TPSA) is 46.2 Å². The Labute approximate surface area is 92.6 Å². The lowest BCUT2D eigenvalue weighted by Crippen LogP contribution is -2.48. The molecule has 88 valence electrons. The van der Waals surface area contributed by atoms with Gasteiger partial charge in [-0.3, -0.25) is 0 Å². The monoisotopic (exact) mass is 231 g/mol. The Morgan fingerprint density at radius 2 is 2.13 bits per heavy atom. The summed E-state index contributed by atoms with van der Waals surface area (Å²) in [5.74, 6) is 1.57. The van der Waals surface area contributed by atoms with E-state index in [2.05, 4.69) is 12.2 Å². The van der Waals surface area contributed by atoms with Gasteiger partial charge in [0.25, 0.3) is 0 Å². The van der Waals surface area contributed by atoms with E-state index < -0.39 is 9.84 Å². The van der Waals surface area contributed by atoms with E-state index in [9.17, 15) is 8.42 Å². The summed E-state index contributed by atoms with van der Waals surface area (Å²) in [6.07, 6.45) is 4.70. The molecule has 1 aliphatic carbocycles. The third kappa shape index (κ3) is 3.18. The molecule has 1 saturated heterocycles. The maximum absolute atomic E-state index is 11.4. The molecule has 0 spiro atoms. The van der Waals surface area contributed by atoms with Crippen molar-refractivity contribution in [3.8, 4) is 0 Å². The largest absolute Gasteiger partial charge is 0.308 e. The average molecular weight is 231 g/mol. The average Bonchev–Trinajstić information content (AvgIpc) is 2.79. The first-order valence-electron chi connectivity index (χ1n) is 5.87. The molecular formula is C11H21NO2S. The molecule has 2 fully saturated rings. The van der Waals surface area contributed by atoms with Gasteiger partial charge in [0.2, 0.25) is 0 Å². The molecule has 3 nitrogen and oxygen atoms in total. The maximum Gasteiger partial charge on any atom is 0.152 e. The molecule has 0 aromatic heterocycles. The zero-order chi connectivity index (χ0) is 11.1. The second-order valence-corrected chi connectivity index (χ2v) is 7.81. The van der Waals surface area contributed by atoms with Crippen molar-refractivity contribution in [2.75, 3.05) is 11.5 Å². The van der Waals surface area contributed by atoms with E-state index in [4.69, 9.17) is 0 Å². The van der Waals surface area contributed by atoms with Crippen LogP contribution in [0.25, 0.3) is 0 Å². The lowest BCUT2D eigenvalue weighted by atomic mass is 9.99. The Balaban J connectivity index is 1.87. The summed E-state index contributed by atoms with van der Waals surface area (Å²) >= 11 is 0. The predicted octanol–water partition coefficient (Wildman–Crippen LogP) is 1.34. The zero-order valence-corrected chi connectivity index (χ0v) is 10.4. The molecule has 1 heterocycles. The summed E-state index contributed by atoms with van der Waals surface area (Å²) in [5, 5.41) is 3.50. The SMILES string of the molecule is CC(CC1CC1)NC1(C)CCS(=O)(=O)C1. The Morgan fingerprint density at radius 1 is 1.47 bits per heavy atom. The number of nitrogens with one attached hydrogen (secondary N) is 1. The third-order valence-corrected chi connectivity index (χ3v) is 5.39. The summed E-state index contributed by atoms with van der Waals surface area (Å²) in [6, 6.07) is 0.454. The first kappa shape index (κ1) is 11.4. The molecule has 0 radical (unpaired) electrons. The van der Waals surface area contributed by atoms with Crippen molar-refractivity contribution in [1.82, 2.24) is 5.32 Å². The normalized spacial score (nSPS) is 36.7. The highest BCUT2D eigenvalue weighted by Crippen LogP contribution is 2.34. The van der Waals surface area contributed by atoms with E-state index in [0.717, 1.165) is 12.3 Å². The Bertz CT molecular complexity index is 334. The van der Waals surface area contributed by atoms with Crippen LogP contribution in [0.4, 0.5) is 0 Å². The molecular weight excluding hydrogens is 210 g/mol. The predicted molar refractivity (Wildman–Crippen MR) is 61.6 cm³/mol. The van der Waals surface area contributed by atoms with E-state index in [1.807, 2.05) is 6.92 Å². The Hall–Kier alpha value is -0.0900. The smallest absolute Gasteiger partial charge is 0.152 e. The van der Waals surface area contributed by atoms with Gasteiger partial charge in [-0.05, 0) is 32.6 Å². The van der Waals surface area contributed by atoms with Crippen LogP contribution in [-0.2, 0) is 9.84 Å². The van der Waals surface area contributed by atoms with Crippen LogP contribution in [0.2, 0.25) is 0 Å². The summed E-state index contributed by atoms with van der Waals surface area (Å²) in [5.41, 5.74) is -0.173. The fraction of sp³-hybridized carbons (Fsp3) is 1.00. The molecule has 1 N–H and O–H groups in total. The zero-order valence-electron chi connectivity index (χ0n) is 9.62. The minimum atomic E-state index is -2.77. The van der Waals surface area contributed by atoms with Gasteiger partial charge in [-0.2, -0.15) is 0 Å². The molecule has 0 aromatic carbocycles. The van der Waals surface area contributed by atoms with Crippen LogP contribution in [0.3, 0.4) is 0 Å². The standard InChI is InChI=1S/C11H21NO2S/c1-9(7-10-3-4-10)12-11(2)5-6-15(13,14)8-11/h9-10,12H,3-8H2,1-2H3. The van der Waals surface area contributed by atoms with Gasteiger partial charge in [0.1, 0.15) is 0 Å². The highest BCUT2D eigenvalue weighted by atomic mass is 32.2. The van der Waals surface area contributed by atoms with Gasteiger partial charge in [0.15, 0.2) is 9.84 Å². The second-order valence-electron chi connectivity index (χ2n) is 5.63. The van der Waals surface area contributed by atoms with Gasteiger partial charge < -0.3 is 5.32 Å². The van der Waals surface area contributed by atoms with Gasteiger partial charge in [-0.1, -0.05) is 12.8 Å². The molecule has 2 unspecified atom stereocenters. The molecule has 15 heavy (non-hydrogen) atoms. The molecule has 2 rings (SSSR count). The lowest BCUT2D eigenvalue weighted by molar-refractivity contribution is 0.333. The molecule has 1 aliphatic heterocycles. The molecule has 4 heteroatoms. The Morgan fingerprint density at radius 3 is 2.60 bits per heavy atom. The van der Waals surface area contributed by atoms with Gasteiger partial charge in [-0.25, -0.2) is 8.42 Å². The minimum absolute atomic E-state index is 0.173. The highest BCUT2D eigenvalue weighted by Gasteiger charge is 2.39. The second kappa shape index (κ2) is 3.74. The van der Waals surface area contributed by atoms with Crippen LogP contribution in [0.5, 0.6) is 0 Å². The van der Waals surface area contributed by atoms with Crippen molar-refractivity contribution in [2.45, 2.75) is 51.1 Å². The van der Waals surface area contributed by atoms with Crippen molar-refractivity contribution in [1.29, 1.82) is 0 Å². The van der Waals surface area contributed by atoms with Gasteiger partial charge >= 0.3 is 0 Å². The van der Waals surface area contributed by atoms with Gasteiger partial charge in [0.05, 0.1) is 11.5 Å². The van der Waals surface area contributed by atoms with Crippen molar-refractivity contribution < 1.29 is 8.42 Å². The van der Waals surface area contributed by atoms with E-state index in [0.29, 0.717) is 17.5 Å². The first-order valence-corrected chi connectivity index (χ1v) is 7.69. The fourth-order valence-corrected chi connectivity index (χ4v) is 4.74. The molecule has 0 amide bonds. The minimum Gasteiger partial charge on any atom is -0.308 e. The number of sulfone groups is 1. The van der Waals surface area contributed by atoms with Crippen molar-refractivity contribution in [3.05, 3.63) is 0 Å². The van der Waals surface area contributed by atoms with Gasteiger partial charge in [-0.15, -0.1) is 0 Å². The van der Waals surface area contributed by atoms with Crippen LogP contribution in [0.15, 0.2) is 0 Å². The quantitative estimate of drug-likeness (QED) is 0.794. The van der Waals surface area contributed by atoms with E-state index in [-0.39, 0.29) is 5.54 Å². The fourth-order valence-electron chi connectivity index (χ4n) is 2.63. The molecule has 0 bridgehead atoms. The van der Waals surface area contributed by atoms with Crippen LogP contribution < -0.4 is 5.32 Å². The summed E-state index contributed by atoms with van der Waals surface area (Å²) in [6.45, 7) is 4.22. The molecule has 1 saturated carbocycles. The Kier molecular flexibility index (Phi) is 2.84. The first-order chi connectivity index (χ1) is 6.89. The van der Waals surface area contributed by atoms with Crippen LogP contribution >= 0.6 is 0 Å². The number of hydrogen-bond acceptors (Lipinski definition) is 3. The van der Waals surface area contributed by atoms with E-state index in [1.165, 1.54) is 19.3 Å². The summed E-state index contributed by atoms with van der Waals surface area (Å²) in [7, 11) is -2.77. The van der Waals surface area contributed by atoms with Crippen LogP contribution in [0.1, 0.15) is 39.5 Å². The highest BCUT2D eigenvalue weighted by molar-refractivity contribution is 7.91. The van der Waals surface area contributed by atoms with E-state index >= 15 is 0 Å². The van der Waals surface area contributed by atoms with Gasteiger partial charge in [0, 0.05) is 11.6 Å². The number of hydrogen-bond donors (Lipinski definition) is 1. The summed E-state index contributed by atoms with van der Waals surface area (Å²) in [4.78, 5) is 0. The van der Waals surface area contributed by atoms with Crippen LogP contribution in [0, 0.1) is 5.92 Å². The van der Waals surface area contributed by atoms with Crippen molar-refractivity contribution in [3.63, 3.8) is 0 Å². The molecule has 2 atom stereocenters. The van der Waals surface area contributed by atoms with Crippen molar-refractivity contribution >= 4 is 9.84 Å². The number of rotatable bonds is 4. The lowest BCUT2D eigenvalue weighted by Gasteiger charge is -2.28. The third-order valence-electron chi connectivity index (χ3n) is 3.48. The maximum atomic E-state index is 11.4. The van der Waals surface area contributed by atoms with E-state index in [1.54, 1.807) is 0 Å². The van der Waals surface area contributed by atoms with Crippen molar-refractivity contribution in [2.24, 2.45) is 5.92 Å².